The van der Waals surface area contributed by atoms with Gasteiger partial charge < -0.3 is 29.0 Å². The van der Waals surface area contributed by atoms with Gasteiger partial charge in [-0.3, -0.25) is 0 Å². The minimum atomic E-state index is -0.983. The van der Waals surface area contributed by atoms with Crippen LogP contribution in [0.15, 0.2) is 78.9 Å². The summed E-state index contributed by atoms with van der Waals surface area (Å²) in [6.45, 7) is 7.54. The summed E-state index contributed by atoms with van der Waals surface area (Å²) in [5.74, 6) is 1.81. The third-order valence-electron chi connectivity index (χ3n) is 6.52. The van der Waals surface area contributed by atoms with E-state index in [9.17, 15) is 14.7 Å². The van der Waals surface area contributed by atoms with Gasteiger partial charge in [-0.2, -0.15) is 0 Å². The second kappa shape index (κ2) is 16.2. The summed E-state index contributed by atoms with van der Waals surface area (Å²) < 4.78 is 22.7. The second-order valence-electron chi connectivity index (χ2n) is 9.36. The molecule has 0 spiro atoms. The molecular weight excluding hydrogens is 510 g/mol. The van der Waals surface area contributed by atoms with E-state index in [-0.39, 0.29) is 13.0 Å². The fourth-order valence-corrected chi connectivity index (χ4v) is 4.11. The van der Waals surface area contributed by atoms with E-state index in [1.807, 2.05) is 42.5 Å². The number of carbonyl (C=O) groups excluding carboxylic acids is 1. The Morgan fingerprint density at radius 2 is 1.40 bits per heavy atom. The number of ether oxygens (including phenoxy) is 4. The van der Waals surface area contributed by atoms with E-state index < -0.39 is 18.2 Å². The van der Waals surface area contributed by atoms with E-state index in [1.54, 1.807) is 48.2 Å². The summed E-state index contributed by atoms with van der Waals surface area (Å²) in [5.41, 5.74) is 0.840. The molecule has 3 aromatic rings. The van der Waals surface area contributed by atoms with Gasteiger partial charge in [0.25, 0.3) is 0 Å². The van der Waals surface area contributed by atoms with E-state index in [2.05, 4.69) is 13.8 Å². The lowest BCUT2D eigenvalue weighted by atomic mass is 10.0. The number of nitrogens with zero attached hydrogens (tertiary/aromatic N) is 1. The van der Waals surface area contributed by atoms with E-state index in [1.165, 1.54) is 0 Å². The largest absolute Gasteiger partial charge is 0.492 e. The minimum Gasteiger partial charge on any atom is -0.492 e. The fraction of sp³-hybridized carbons (Fsp3) is 0.375. The van der Waals surface area contributed by atoms with Crippen molar-refractivity contribution in [3.8, 4) is 23.0 Å². The van der Waals surface area contributed by atoms with Crippen LogP contribution >= 0.6 is 0 Å². The zero-order valence-electron chi connectivity index (χ0n) is 23.5. The van der Waals surface area contributed by atoms with Crippen molar-refractivity contribution in [1.82, 2.24) is 4.90 Å². The van der Waals surface area contributed by atoms with E-state index in [4.69, 9.17) is 18.9 Å². The Morgan fingerprint density at radius 3 is 2.00 bits per heavy atom. The predicted molar refractivity (Wildman–Crippen MR) is 153 cm³/mol. The number of carboxylic acids is 1. The van der Waals surface area contributed by atoms with Crippen LogP contribution in [0.25, 0.3) is 0 Å². The van der Waals surface area contributed by atoms with Gasteiger partial charge in [-0.25, -0.2) is 9.59 Å². The molecule has 1 N–H and O–H groups in total. The average Bonchev–Trinajstić information content (AvgIpc) is 2.97. The van der Waals surface area contributed by atoms with E-state index in [0.717, 1.165) is 24.2 Å². The first-order valence-electron chi connectivity index (χ1n) is 13.8. The standard InChI is InChI=1S/C32H39NO7/c1-4-24(5-2)23-33(20-21-38-26-14-12-25(13-15-26)22-30(31(34)35)37-6-3)32(36)40-29-18-16-28(17-19-29)39-27-10-8-7-9-11-27/h7-19,24,30H,4-6,20-23H2,1-3H3,(H,34,35). The first-order chi connectivity index (χ1) is 19.4. The lowest BCUT2D eigenvalue weighted by molar-refractivity contribution is -0.149. The van der Waals surface area contributed by atoms with Crippen molar-refractivity contribution >= 4 is 12.1 Å². The highest BCUT2D eigenvalue weighted by Gasteiger charge is 2.20. The van der Waals surface area contributed by atoms with Gasteiger partial charge in [-0.1, -0.05) is 57.0 Å². The molecule has 0 aliphatic rings. The van der Waals surface area contributed by atoms with Crippen LogP contribution in [0.4, 0.5) is 4.79 Å². The van der Waals surface area contributed by atoms with Gasteiger partial charge in [0.2, 0.25) is 0 Å². The summed E-state index contributed by atoms with van der Waals surface area (Å²) >= 11 is 0. The summed E-state index contributed by atoms with van der Waals surface area (Å²) in [6, 6.07) is 23.7. The molecule has 1 unspecified atom stereocenters. The maximum absolute atomic E-state index is 13.1. The molecule has 0 aliphatic carbocycles. The Labute approximate surface area is 236 Å². The maximum Gasteiger partial charge on any atom is 0.415 e. The predicted octanol–water partition coefficient (Wildman–Crippen LogP) is 6.83. The highest BCUT2D eigenvalue weighted by Crippen LogP contribution is 2.24. The van der Waals surface area contributed by atoms with Gasteiger partial charge in [0, 0.05) is 19.6 Å². The number of carboxylic acid groups (broad SMARTS) is 1. The van der Waals surface area contributed by atoms with Crippen molar-refractivity contribution in [1.29, 1.82) is 0 Å². The Kier molecular flexibility index (Phi) is 12.3. The number of hydrogen-bond donors (Lipinski definition) is 1. The monoisotopic (exact) mass is 549 g/mol. The fourth-order valence-electron chi connectivity index (χ4n) is 4.11. The molecule has 1 amide bonds. The number of hydrogen-bond acceptors (Lipinski definition) is 6. The molecule has 8 nitrogen and oxygen atoms in total. The maximum atomic E-state index is 13.1. The van der Waals surface area contributed by atoms with Crippen LogP contribution in [-0.2, 0) is 16.0 Å². The lowest BCUT2D eigenvalue weighted by Crippen LogP contribution is -2.40. The Hall–Kier alpha value is -4.04. The van der Waals surface area contributed by atoms with Gasteiger partial charge >= 0.3 is 12.1 Å². The van der Waals surface area contributed by atoms with Gasteiger partial charge in [0.05, 0.1) is 6.54 Å². The number of carbonyl (C=O) groups is 2. The molecule has 40 heavy (non-hydrogen) atoms. The van der Waals surface area contributed by atoms with Crippen molar-refractivity contribution < 1.29 is 33.6 Å². The van der Waals surface area contributed by atoms with Crippen LogP contribution in [0, 0.1) is 5.92 Å². The van der Waals surface area contributed by atoms with Crippen molar-refractivity contribution in [2.45, 2.75) is 46.1 Å². The van der Waals surface area contributed by atoms with Crippen LogP contribution in [0.5, 0.6) is 23.0 Å². The van der Waals surface area contributed by atoms with Crippen LogP contribution in [-0.4, -0.2) is 54.5 Å². The number of aliphatic carboxylic acids is 1. The Morgan fingerprint density at radius 1 is 0.800 bits per heavy atom. The Bertz CT molecular complexity index is 1160. The van der Waals surface area contributed by atoms with Gasteiger partial charge in [-0.15, -0.1) is 0 Å². The third kappa shape index (κ3) is 9.93. The molecule has 0 saturated heterocycles. The van der Waals surface area contributed by atoms with Gasteiger partial charge in [0.1, 0.15) is 29.6 Å². The van der Waals surface area contributed by atoms with Crippen LogP contribution in [0.2, 0.25) is 0 Å². The second-order valence-corrected chi connectivity index (χ2v) is 9.36. The number of para-hydroxylation sites is 1. The highest BCUT2D eigenvalue weighted by atomic mass is 16.6. The molecule has 0 aliphatic heterocycles. The lowest BCUT2D eigenvalue weighted by Gasteiger charge is -2.26. The third-order valence-corrected chi connectivity index (χ3v) is 6.52. The topological polar surface area (TPSA) is 94.5 Å². The quantitative estimate of drug-likeness (QED) is 0.209. The molecule has 0 saturated carbocycles. The molecule has 0 heterocycles. The molecule has 0 radical (unpaired) electrons. The first-order valence-corrected chi connectivity index (χ1v) is 13.8. The average molecular weight is 550 g/mol. The molecule has 3 aromatic carbocycles. The van der Waals surface area contributed by atoms with Gasteiger partial charge in [0.15, 0.2) is 6.10 Å². The van der Waals surface area contributed by atoms with Crippen molar-refractivity contribution in [2.24, 2.45) is 5.92 Å². The first kappa shape index (κ1) is 30.5. The number of benzene rings is 3. The molecule has 0 bridgehead atoms. The van der Waals surface area contributed by atoms with E-state index >= 15 is 0 Å². The normalized spacial score (nSPS) is 11.6. The van der Waals surface area contributed by atoms with Crippen molar-refractivity contribution in [3.05, 3.63) is 84.4 Å². The van der Waals surface area contributed by atoms with Crippen LogP contribution < -0.4 is 14.2 Å². The zero-order valence-corrected chi connectivity index (χ0v) is 23.5. The number of amides is 1. The van der Waals surface area contributed by atoms with Crippen LogP contribution in [0.3, 0.4) is 0 Å². The molecule has 8 heteroatoms. The summed E-state index contributed by atoms with van der Waals surface area (Å²) in [6.07, 6.45) is 0.866. The molecule has 0 fully saturated rings. The van der Waals surface area contributed by atoms with Crippen molar-refractivity contribution in [3.63, 3.8) is 0 Å². The van der Waals surface area contributed by atoms with Crippen molar-refractivity contribution in [2.75, 3.05) is 26.3 Å². The Balaban J connectivity index is 1.56. The molecule has 0 aromatic heterocycles. The number of rotatable bonds is 16. The molecular formula is C32H39NO7. The highest BCUT2D eigenvalue weighted by molar-refractivity contribution is 5.72. The summed E-state index contributed by atoms with van der Waals surface area (Å²) in [7, 11) is 0. The van der Waals surface area contributed by atoms with Crippen LogP contribution in [0.1, 0.15) is 39.2 Å². The summed E-state index contributed by atoms with van der Waals surface area (Å²) in [4.78, 5) is 26.1. The van der Waals surface area contributed by atoms with E-state index in [0.29, 0.717) is 42.9 Å². The minimum absolute atomic E-state index is 0.276. The molecule has 1 atom stereocenters. The molecule has 214 valence electrons. The smallest absolute Gasteiger partial charge is 0.415 e. The zero-order chi connectivity index (χ0) is 28.7. The summed E-state index contributed by atoms with van der Waals surface area (Å²) in [5, 5.41) is 9.29. The van der Waals surface area contributed by atoms with Gasteiger partial charge in [-0.05, 0) is 66.9 Å². The molecule has 3 rings (SSSR count). The SMILES string of the molecule is CCOC(Cc1ccc(OCCN(CC(CC)CC)C(=O)Oc2ccc(Oc3ccccc3)cc2)cc1)C(=O)O.